The predicted molar refractivity (Wildman–Crippen MR) is 113 cm³/mol. The summed E-state index contributed by atoms with van der Waals surface area (Å²) in [5.41, 5.74) is 4.15. The van der Waals surface area contributed by atoms with Crippen molar-refractivity contribution in [3.05, 3.63) is 42.7 Å². The summed E-state index contributed by atoms with van der Waals surface area (Å²) in [7, 11) is 3.47. The van der Waals surface area contributed by atoms with Crippen molar-refractivity contribution >= 4 is 28.6 Å². The first kappa shape index (κ1) is 18.4. The number of ether oxygens (including phenoxy) is 2. The topological polar surface area (TPSA) is 104 Å². The van der Waals surface area contributed by atoms with Gasteiger partial charge in [0.1, 0.15) is 5.75 Å². The molecule has 154 valence electrons. The van der Waals surface area contributed by atoms with Crippen LogP contribution < -0.4 is 15.4 Å². The number of anilines is 3. The van der Waals surface area contributed by atoms with Crippen LogP contribution in [0.15, 0.2) is 37.1 Å². The zero-order valence-corrected chi connectivity index (χ0v) is 17.0. The van der Waals surface area contributed by atoms with E-state index in [9.17, 15) is 0 Å². The fourth-order valence-corrected chi connectivity index (χ4v) is 3.45. The average molecular weight is 406 g/mol. The van der Waals surface area contributed by atoms with E-state index in [4.69, 9.17) is 14.5 Å². The Morgan fingerprint density at radius 3 is 2.70 bits per heavy atom. The number of rotatable bonds is 6. The summed E-state index contributed by atoms with van der Waals surface area (Å²) in [5.74, 6) is 1.85. The molecule has 0 aliphatic carbocycles. The number of hydrogen-bond acceptors (Lipinski definition) is 8. The molecule has 10 nitrogen and oxygen atoms in total. The second-order valence-corrected chi connectivity index (χ2v) is 7.10. The van der Waals surface area contributed by atoms with Crippen molar-refractivity contribution in [2.75, 3.05) is 38.0 Å². The maximum Gasteiger partial charge on any atom is 0.231 e. The Balaban J connectivity index is 1.50. The van der Waals surface area contributed by atoms with Gasteiger partial charge in [0, 0.05) is 25.0 Å². The first-order valence-corrected chi connectivity index (χ1v) is 9.62. The second kappa shape index (κ2) is 7.30. The molecule has 0 atom stereocenters. The summed E-state index contributed by atoms with van der Waals surface area (Å²) in [4.78, 5) is 18.0. The number of nitrogens with zero attached hydrogens (tertiary/aromatic N) is 6. The molecule has 1 saturated heterocycles. The molecule has 1 aromatic carbocycles. The lowest BCUT2D eigenvalue weighted by atomic mass is 10.2. The molecular weight excluding hydrogens is 384 g/mol. The first-order chi connectivity index (χ1) is 14.7. The van der Waals surface area contributed by atoms with Crippen LogP contribution in [0.4, 0.5) is 17.5 Å². The summed E-state index contributed by atoms with van der Waals surface area (Å²) in [6, 6.07) is 6.08. The number of benzene rings is 1. The molecule has 2 N–H and O–H groups in total. The van der Waals surface area contributed by atoms with E-state index in [1.54, 1.807) is 19.8 Å². The Bertz CT molecular complexity index is 1210. The van der Waals surface area contributed by atoms with Crippen molar-refractivity contribution in [2.24, 2.45) is 0 Å². The van der Waals surface area contributed by atoms with Gasteiger partial charge in [-0.25, -0.2) is 9.97 Å². The van der Waals surface area contributed by atoms with Crippen LogP contribution in [0.25, 0.3) is 16.9 Å². The van der Waals surface area contributed by atoms with Crippen molar-refractivity contribution in [3.63, 3.8) is 0 Å². The molecule has 10 heteroatoms. The second-order valence-electron chi connectivity index (χ2n) is 7.10. The smallest absolute Gasteiger partial charge is 0.231 e. The highest BCUT2D eigenvalue weighted by Crippen LogP contribution is 2.30. The molecule has 4 heterocycles. The minimum Gasteiger partial charge on any atom is -0.494 e. The zero-order valence-electron chi connectivity index (χ0n) is 17.0. The molecule has 3 aromatic heterocycles. The van der Waals surface area contributed by atoms with Gasteiger partial charge in [-0.05, 0) is 19.1 Å². The van der Waals surface area contributed by atoms with E-state index < -0.39 is 0 Å². The summed E-state index contributed by atoms with van der Waals surface area (Å²) in [6.45, 7) is 3.28. The fraction of sp³-hybridized carbons (Fsp3) is 0.300. The summed E-state index contributed by atoms with van der Waals surface area (Å²) < 4.78 is 14.9. The molecule has 30 heavy (non-hydrogen) atoms. The van der Waals surface area contributed by atoms with Crippen LogP contribution >= 0.6 is 0 Å². The van der Waals surface area contributed by atoms with Crippen LogP contribution in [0.5, 0.6) is 5.75 Å². The highest BCUT2D eigenvalue weighted by molar-refractivity contribution is 5.84. The van der Waals surface area contributed by atoms with Gasteiger partial charge in [0.2, 0.25) is 5.95 Å². The maximum atomic E-state index is 5.59. The van der Waals surface area contributed by atoms with Crippen LogP contribution in [0.3, 0.4) is 0 Å². The van der Waals surface area contributed by atoms with Gasteiger partial charge in [-0.3, -0.25) is 0 Å². The van der Waals surface area contributed by atoms with Gasteiger partial charge in [0.25, 0.3) is 0 Å². The zero-order chi connectivity index (χ0) is 20.7. The lowest BCUT2D eigenvalue weighted by Crippen LogP contribution is -2.30. The normalized spacial score (nSPS) is 14.0. The quantitative estimate of drug-likeness (QED) is 0.504. The van der Waals surface area contributed by atoms with E-state index in [0.29, 0.717) is 30.7 Å². The SMILES string of the molecule is CNc1nc(Nc2ccc(-n3cnc(C)c3)c(OC)c2)nc2c1ncn2C1COC1. The third kappa shape index (κ3) is 3.11. The fourth-order valence-electron chi connectivity index (χ4n) is 3.45. The highest BCUT2D eigenvalue weighted by atomic mass is 16.5. The average Bonchev–Trinajstić information content (AvgIpc) is 3.33. The molecule has 1 aliphatic rings. The van der Waals surface area contributed by atoms with Crippen LogP contribution in [0.1, 0.15) is 11.7 Å². The van der Waals surface area contributed by atoms with Crippen LogP contribution in [0, 0.1) is 6.92 Å². The van der Waals surface area contributed by atoms with Crippen molar-refractivity contribution in [1.29, 1.82) is 0 Å². The Morgan fingerprint density at radius 1 is 1.17 bits per heavy atom. The predicted octanol–water partition coefficient (Wildman–Crippen LogP) is 2.69. The minimum atomic E-state index is 0.250. The highest BCUT2D eigenvalue weighted by Gasteiger charge is 2.24. The molecule has 0 saturated carbocycles. The Morgan fingerprint density at radius 2 is 2.03 bits per heavy atom. The first-order valence-electron chi connectivity index (χ1n) is 9.62. The third-order valence-electron chi connectivity index (χ3n) is 5.10. The van der Waals surface area contributed by atoms with E-state index in [0.717, 1.165) is 28.2 Å². The Hall–Kier alpha value is -3.66. The van der Waals surface area contributed by atoms with Crippen LogP contribution in [-0.4, -0.2) is 56.4 Å². The van der Waals surface area contributed by atoms with Gasteiger partial charge < -0.3 is 29.2 Å². The Labute approximate surface area is 172 Å². The number of nitrogens with one attached hydrogen (secondary N) is 2. The van der Waals surface area contributed by atoms with Crippen molar-refractivity contribution in [3.8, 4) is 11.4 Å². The van der Waals surface area contributed by atoms with Crippen molar-refractivity contribution < 1.29 is 9.47 Å². The molecule has 5 rings (SSSR count). The minimum absolute atomic E-state index is 0.250. The standard InChI is InChI=1S/C20H22N8O2/c1-12-7-27(10-22-12)15-5-4-13(6-16(15)29-3)24-20-25-18(21-2)17-19(26-20)28(11-23-17)14-8-30-9-14/h4-7,10-11,14H,8-9H2,1-3H3,(H2,21,24,25,26). The van der Waals surface area contributed by atoms with Crippen molar-refractivity contribution in [2.45, 2.75) is 13.0 Å². The maximum absolute atomic E-state index is 5.59. The molecular formula is C20H22N8O2. The number of hydrogen-bond donors (Lipinski definition) is 2. The van der Waals surface area contributed by atoms with E-state index in [-0.39, 0.29) is 6.04 Å². The van der Waals surface area contributed by atoms with Crippen LogP contribution in [-0.2, 0) is 4.74 Å². The van der Waals surface area contributed by atoms with Gasteiger partial charge in [-0.15, -0.1) is 0 Å². The van der Waals surface area contributed by atoms with E-state index in [1.807, 2.05) is 47.5 Å². The summed E-state index contributed by atoms with van der Waals surface area (Å²) >= 11 is 0. The molecule has 1 aliphatic heterocycles. The lowest BCUT2D eigenvalue weighted by Gasteiger charge is -2.27. The number of methoxy groups -OCH3 is 1. The number of fused-ring (bicyclic) bond motifs is 1. The summed E-state index contributed by atoms with van der Waals surface area (Å²) in [5, 5.41) is 6.39. The third-order valence-corrected chi connectivity index (χ3v) is 5.10. The number of imidazole rings is 2. The molecule has 0 spiro atoms. The van der Waals surface area contributed by atoms with E-state index in [1.165, 1.54) is 0 Å². The molecule has 1 fully saturated rings. The molecule has 0 amide bonds. The van der Waals surface area contributed by atoms with Gasteiger partial charge >= 0.3 is 0 Å². The summed E-state index contributed by atoms with van der Waals surface area (Å²) in [6.07, 6.45) is 5.51. The number of aryl methyl sites for hydroxylation is 1. The number of aromatic nitrogens is 6. The lowest BCUT2D eigenvalue weighted by molar-refractivity contribution is -0.0218. The Kier molecular flexibility index (Phi) is 4.47. The van der Waals surface area contributed by atoms with Gasteiger partial charge in [-0.2, -0.15) is 9.97 Å². The molecule has 0 radical (unpaired) electrons. The van der Waals surface area contributed by atoms with Crippen LogP contribution in [0.2, 0.25) is 0 Å². The van der Waals surface area contributed by atoms with E-state index >= 15 is 0 Å². The molecule has 0 unspecified atom stereocenters. The van der Waals surface area contributed by atoms with Gasteiger partial charge in [0.15, 0.2) is 17.0 Å². The van der Waals surface area contributed by atoms with E-state index in [2.05, 4.69) is 25.6 Å². The molecule has 4 aromatic rings. The molecule has 0 bridgehead atoms. The van der Waals surface area contributed by atoms with Gasteiger partial charge in [0.05, 0.1) is 50.4 Å². The van der Waals surface area contributed by atoms with Crippen molar-refractivity contribution in [1.82, 2.24) is 29.1 Å². The largest absolute Gasteiger partial charge is 0.494 e. The monoisotopic (exact) mass is 406 g/mol. The van der Waals surface area contributed by atoms with Gasteiger partial charge in [-0.1, -0.05) is 0 Å².